The third kappa shape index (κ3) is 4.72. The summed E-state index contributed by atoms with van der Waals surface area (Å²) in [5.41, 5.74) is 1.59. The van der Waals surface area contributed by atoms with Gasteiger partial charge in [-0.05, 0) is 62.3 Å². The molecule has 4 rings (SSSR count). The first-order valence-corrected chi connectivity index (χ1v) is 9.95. The molecule has 138 valence electrons. The van der Waals surface area contributed by atoms with Crippen LogP contribution in [-0.2, 0) is 6.54 Å². The molecule has 1 aromatic heterocycles. The van der Waals surface area contributed by atoms with Crippen molar-refractivity contribution >= 4 is 22.4 Å². The van der Waals surface area contributed by atoms with E-state index in [1.807, 2.05) is 35.7 Å². The van der Waals surface area contributed by atoms with Crippen molar-refractivity contribution in [2.45, 2.75) is 19.4 Å². The summed E-state index contributed by atoms with van der Waals surface area (Å²) in [5, 5.41) is 5.54. The molecule has 1 aliphatic heterocycles. The number of aromatic nitrogens is 1. The van der Waals surface area contributed by atoms with Crippen LogP contribution in [0.5, 0.6) is 11.5 Å². The smallest absolute Gasteiger partial charge is 0.257 e. The molecule has 0 bridgehead atoms. The second-order valence-corrected chi connectivity index (χ2v) is 7.38. The number of amides is 1. The molecule has 0 saturated carbocycles. The Bertz CT molecular complexity index is 887. The number of benzene rings is 2. The van der Waals surface area contributed by atoms with Crippen LogP contribution < -0.4 is 10.1 Å². The molecule has 0 spiro atoms. The molecule has 2 aromatic carbocycles. The Morgan fingerprint density at radius 1 is 1.04 bits per heavy atom. The fourth-order valence-electron chi connectivity index (χ4n) is 3.08. The van der Waals surface area contributed by atoms with Gasteiger partial charge in [0.05, 0.1) is 5.69 Å². The average molecular weight is 379 g/mol. The number of nitrogens with one attached hydrogen (secondary N) is 1. The van der Waals surface area contributed by atoms with Gasteiger partial charge in [-0.3, -0.25) is 15.0 Å². The fraction of sp³-hybridized carbons (Fsp3) is 0.238. The van der Waals surface area contributed by atoms with E-state index in [9.17, 15) is 4.79 Å². The van der Waals surface area contributed by atoms with Gasteiger partial charge in [0.2, 0.25) is 0 Å². The van der Waals surface area contributed by atoms with Gasteiger partial charge in [-0.2, -0.15) is 0 Å². The molecule has 1 amide bonds. The molecule has 1 aliphatic rings. The van der Waals surface area contributed by atoms with Gasteiger partial charge in [0.15, 0.2) is 5.13 Å². The number of likely N-dealkylation sites (tertiary alicyclic amines) is 1. The summed E-state index contributed by atoms with van der Waals surface area (Å²) < 4.78 is 5.75. The highest BCUT2D eigenvalue weighted by Gasteiger charge is 2.14. The second-order valence-electron chi connectivity index (χ2n) is 6.52. The van der Waals surface area contributed by atoms with E-state index < -0.39 is 0 Å². The number of nitrogens with zero attached hydrogens (tertiary/aromatic N) is 2. The number of carbonyl (C=O) groups excluding carboxylic acids is 1. The van der Waals surface area contributed by atoms with Gasteiger partial charge in [0, 0.05) is 17.5 Å². The summed E-state index contributed by atoms with van der Waals surface area (Å²) in [6.45, 7) is 3.13. The number of thiazole rings is 1. The Morgan fingerprint density at radius 2 is 1.74 bits per heavy atom. The van der Waals surface area contributed by atoms with E-state index in [1.54, 1.807) is 24.3 Å². The fourth-order valence-corrected chi connectivity index (χ4v) is 3.77. The Balaban J connectivity index is 1.34. The minimum Gasteiger partial charge on any atom is -0.457 e. The molecular weight excluding hydrogens is 358 g/mol. The molecule has 0 radical (unpaired) electrons. The van der Waals surface area contributed by atoms with Crippen LogP contribution in [0.3, 0.4) is 0 Å². The summed E-state index contributed by atoms with van der Waals surface area (Å²) in [4.78, 5) is 19.4. The lowest BCUT2D eigenvalue weighted by molar-refractivity contribution is 0.102. The highest BCUT2D eigenvalue weighted by molar-refractivity contribution is 7.13. The first-order valence-electron chi connectivity index (χ1n) is 9.07. The summed E-state index contributed by atoms with van der Waals surface area (Å²) in [5.74, 6) is 1.30. The summed E-state index contributed by atoms with van der Waals surface area (Å²) in [7, 11) is 0. The molecule has 3 aromatic rings. The van der Waals surface area contributed by atoms with Gasteiger partial charge < -0.3 is 4.74 Å². The van der Waals surface area contributed by atoms with E-state index in [1.165, 1.54) is 24.2 Å². The number of para-hydroxylation sites is 1. The highest BCUT2D eigenvalue weighted by atomic mass is 32.1. The monoisotopic (exact) mass is 379 g/mol. The molecule has 0 atom stereocenters. The Kier molecular flexibility index (Phi) is 5.46. The number of rotatable bonds is 6. The summed E-state index contributed by atoms with van der Waals surface area (Å²) >= 11 is 1.47. The molecule has 0 aliphatic carbocycles. The van der Waals surface area contributed by atoms with Crippen LogP contribution in [-0.4, -0.2) is 28.9 Å². The van der Waals surface area contributed by atoms with Crippen molar-refractivity contribution in [2.24, 2.45) is 0 Å². The second kappa shape index (κ2) is 8.33. The van der Waals surface area contributed by atoms with Crippen molar-refractivity contribution in [3.05, 3.63) is 71.2 Å². The lowest BCUT2D eigenvalue weighted by Crippen LogP contribution is -2.18. The molecule has 6 heteroatoms. The molecule has 1 N–H and O–H groups in total. The van der Waals surface area contributed by atoms with E-state index in [-0.39, 0.29) is 5.91 Å². The quantitative estimate of drug-likeness (QED) is 0.669. The third-order valence-electron chi connectivity index (χ3n) is 4.45. The number of carbonyl (C=O) groups is 1. The predicted molar refractivity (Wildman–Crippen MR) is 108 cm³/mol. The molecule has 27 heavy (non-hydrogen) atoms. The maximum absolute atomic E-state index is 12.4. The minimum atomic E-state index is -0.164. The molecule has 2 heterocycles. The highest BCUT2D eigenvalue weighted by Crippen LogP contribution is 2.23. The van der Waals surface area contributed by atoms with Crippen LogP contribution in [0.4, 0.5) is 5.13 Å². The molecular formula is C21H21N3O2S. The van der Waals surface area contributed by atoms with Gasteiger partial charge in [-0.25, -0.2) is 4.98 Å². The largest absolute Gasteiger partial charge is 0.457 e. The van der Waals surface area contributed by atoms with Crippen LogP contribution in [0.1, 0.15) is 28.9 Å². The maximum atomic E-state index is 12.4. The standard InChI is InChI=1S/C21H21N3O2S/c25-20(23-21-22-17(15-27-21)14-24-12-4-5-13-24)16-8-10-19(11-9-16)26-18-6-2-1-3-7-18/h1-3,6-11,15H,4-5,12-14H2,(H,22,23,25). The third-order valence-corrected chi connectivity index (χ3v) is 5.26. The lowest BCUT2D eigenvalue weighted by atomic mass is 10.2. The zero-order valence-corrected chi connectivity index (χ0v) is 15.7. The summed E-state index contributed by atoms with van der Waals surface area (Å²) in [6.07, 6.45) is 2.52. The number of anilines is 1. The predicted octanol–water partition coefficient (Wildman–Crippen LogP) is 4.78. The van der Waals surface area contributed by atoms with Crippen molar-refractivity contribution in [3.63, 3.8) is 0 Å². The van der Waals surface area contributed by atoms with Crippen molar-refractivity contribution in [1.82, 2.24) is 9.88 Å². The van der Waals surface area contributed by atoms with E-state index in [4.69, 9.17) is 4.74 Å². The topological polar surface area (TPSA) is 54.5 Å². The zero-order valence-electron chi connectivity index (χ0n) is 14.9. The van der Waals surface area contributed by atoms with Gasteiger partial charge in [0.25, 0.3) is 5.91 Å². The molecule has 1 fully saturated rings. The Hall–Kier alpha value is -2.70. The van der Waals surface area contributed by atoms with Gasteiger partial charge >= 0.3 is 0 Å². The lowest BCUT2D eigenvalue weighted by Gasteiger charge is -2.11. The molecule has 0 unspecified atom stereocenters. The van der Waals surface area contributed by atoms with Gasteiger partial charge in [-0.15, -0.1) is 11.3 Å². The number of ether oxygens (including phenoxy) is 1. The van der Waals surface area contributed by atoms with Crippen LogP contribution in [0.2, 0.25) is 0 Å². The molecule has 1 saturated heterocycles. The SMILES string of the molecule is O=C(Nc1nc(CN2CCCC2)cs1)c1ccc(Oc2ccccc2)cc1. The normalized spacial score (nSPS) is 14.2. The van der Waals surface area contributed by atoms with Crippen molar-refractivity contribution in [2.75, 3.05) is 18.4 Å². The van der Waals surface area contributed by atoms with Crippen molar-refractivity contribution in [1.29, 1.82) is 0 Å². The average Bonchev–Trinajstić information content (AvgIpc) is 3.36. The Morgan fingerprint density at radius 3 is 2.48 bits per heavy atom. The van der Waals surface area contributed by atoms with Gasteiger partial charge in [0.1, 0.15) is 11.5 Å². The van der Waals surface area contributed by atoms with Crippen molar-refractivity contribution in [3.8, 4) is 11.5 Å². The first-order chi connectivity index (χ1) is 13.3. The van der Waals surface area contributed by atoms with Gasteiger partial charge in [-0.1, -0.05) is 18.2 Å². The number of hydrogen-bond donors (Lipinski definition) is 1. The van der Waals surface area contributed by atoms with Crippen molar-refractivity contribution < 1.29 is 9.53 Å². The maximum Gasteiger partial charge on any atom is 0.257 e. The summed E-state index contributed by atoms with van der Waals surface area (Å²) in [6, 6.07) is 16.7. The van der Waals surface area contributed by atoms with E-state index in [0.29, 0.717) is 16.4 Å². The zero-order chi connectivity index (χ0) is 18.5. The van der Waals surface area contributed by atoms with Crippen LogP contribution in [0.15, 0.2) is 60.0 Å². The minimum absolute atomic E-state index is 0.164. The van der Waals surface area contributed by atoms with Crippen LogP contribution in [0, 0.1) is 0 Å². The van der Waals surface area contributed by atoms with Crippen LogP contribution in [0.25, 0.3) is 0 Å². The van der Waals surface area contributed by atoms with E-state index in [2.05, 4.69) is 15.2 Å². The number of hydrogen-bond acceptors (Lipinski definition) is 5. The molecule has 5 nitrogen and oxygen atoms in total. The van der Waals surface area contributed by atoms with E-state index >= 15 is 0 Å². The first kappa shape index (κ1) is 17.7. The van der Waals surface area contributed by atoms with Crippen LogP contribution >= 0.6 is 11.3 Å². The Labute approximate surface area is 162 Å². The van der Waals surface area contributed by atoms with E-state index in [0.717, 1.165) is 31.1 Å².